The molecule has 0 fully saturated rings. The van der Waals surface area contributed by atoms with Gasteiger partial charge in [-0.25, -0.2) is 9.59 Å². The first-order valence-corrected chi connectivity index (χ1v) is 5.91. The zero-order valence-electron chi connectivity index (χ0n) is 11.4. The Hall–Kier alpha value is -1.99. The first-order valence-electron chi connectivity index (χ1n) is 5.91. The van der Waals surface area contributed by atoms with Crippen LogP contribution in [-0.2, 0) is 9.53 Å². The summed E-state index contributed by atoms with van der Waals surface area (Å²) in [6, 6.07) is -0.479. The smallest absolute Gasteiger partial charge is 0.407 e. The number of carbonyl (C=O) groups is 3. The lowest BCUT2D eigenvalue weighted by Gasteiger charge is -2.19. The summed E-state index contributed by atoms with van der Waals surface area (Å²) < 4.78 is 4.99. The van der Waals surface area contributed by atoms with Crippen molar-refractivity contribution in [2.24, 2.45) is 0 Å². The minimum Gasteiger partial charge on any atom is -0.481 e. The van der Waals surface area contributed by atoms with E-state index in [-0.39, 0.29) is 26.1 Å². The van der Waals surface area contributed by atoms with Crippen LogP contribution in [0.1, 0.15) is 27.2 Å². The van der Waals surface area contributed by atoms with Gasteiger partial charge >= 0.3 is 18.1 Å². The number of carbonyl (C=O) groups excluding carboxylic acids is 2. The molecule has 0 aromatic rings. The third-order valence-corrected chi connectivity index (χ3v) is 1.70. The van der Waals surface area contributed by atoms with Gasteiger partial charge in [-0.05, 0) is 20.8 Å². The van der Waals surface area contributed by atoms with Crippen LogP contribution in [0, 0.1) is 0 Å². The predicted octanol–water partition coefficient (Wildman–Crippen LogP) is 0.285. The van der Waals surface area contributed by atoms with Gasteiger partial charge in [-0.3, -0.25) is 4.79 Å². The second-order valence-corrected chi connectivity index (χ2v) is 4.76. The lowest BCUT2D eigenvalue weighted by molar-refractivity contribution is -0.136. The molecule has 0 spiro atoms. The molecule has 8 heteroatoms. The standard InChI is InChI=1S/C11H21N3O5/c1-11(2,3)19-10(18)14-7-6-13-9(17)12-5-4-8(15)16/h4-7H2,1-3H3,(H,14,18)(H,15,16)(H2,12,13,17). The lowest BCUT2D eigenvalue weighted by atomic mass is 10.2. The number of carboxylic acids is 1. The Balaban J connectivity index is 3.56. The van der Waals surface area contributed by atoms with Crippen molar-refractivity contribution in [1.82, 2.24) is 16.0 Å². The molecule has 0 aliphatic heterocycles. The number of rotatable bonds is 6. The highest BCUT2D eigenvalue weighted by Crippen LogP contribution is 2.05. The van der Waals surface area contributed by atoms with E-state index in [1.54, 1.807) is 20.8 Å². The summed E-state index contributed by atoms with van der Waals surface area (Å²) in [5.41, 5.74) is -0.564. The molecular formula is C11H21N3O5. The SMILES string of the molecule is CC(C)(C)OC(=O)NCCNC(=O)NCCC(=O)O. The Morgan fingerprint density at radius 1 is 1.00 bits per heavy atom. The molecule has 19 heavy (non-hydrogen) atoms. The molecule has 110 valence electrons. The molecule has 0 atom stereocenters. The van der Waals surface area contributed by atoms with Gasteiger partial charge in [0.25, 0.3) is 0 Å². The van der Waals surface area contributed by atoms with Gasteiger partial charge in [-0.1, -0.05) is 0 Å². The summed E-state index contributed by atoms with van der Waals surface area (Å²) >= 11 is 0. The second kappa shape index (κ2) is 8.17. The van der Waals surface area contributed by atoms with Crippen LogP contribution in [0.3, 0.4) is 0 Å². The van der Waals surface area contributed by atoms with Crippen LogP contribution in [0.25, 0.3) is 0 Å². The van der Waals surface area contributed by atoms with Gasteiger partial charge in [0.1, 0.15) is 5.60 Å². The molecule has 0 aromatic carbocycles. The van der Waals surface area contributed by atoms with Crippen LogP contribution >= 0.6 is 0 Å². The monoisotopic (exact) mass is 275 g/mol. The van der Waals surface area contributed by atoms with Crippen LogP contribution in [0.15, 0.2) is 0 Å². The summed E-state index contributed by atoms with van der Waals surface area (Å²) in [6.07, 6.45) is -0.690. The van der Waals surface area contributed by atoms with Crippen molar-refractivity contribution in [1.29, 1.82) is 0 Å². The third kappa shape index (κ3) is 12.3. The van der Waals surface area contributed by atoms with Crippen molar-refractivity contribution < 1.29 is 24.2 Å². The van der Waals surface area contributed by atoms with E-state index in [0.717, 1.165) is 0 Å². The van der Waals surface area contributed by atoms with Crippen molar-refractivity contribution >= 4 is 18.1 Å². The fourth-order valence-corrected chi connectivity index (χ4v) is 1.00. The van der Waals surface area contributed by atoms with Gasteiger partial charge in [0.05, 0.1) is 6.42 Å². The van der Waals surface area contributed by atoms with E-state index in [9.17, 15) is 14.4 Å². The minimum absolute atomic E-state index is 0.0562. The summed E-state index contributed by atoms with van der Waals surface area (Å²) in [5.74, 6) is -0.980. The Labute approximate surface area is 111 Å². The van der Waals surface area contributed by atoms with Gasteiger partial charge in [0.2, 0.25) is 0 Å². The molecule has 0 heterocycles. The fourth-order valence-electron chi connectivity index (χ4n) is 1.00. The number of urea groups is 1. The van der Waals surface area contributed by atoms with Gasteiger partial charge in [0, 0.05) is 19.6 Å². The summed E-state index contributed by atoms with van der Waals surface area (Å²) in [7, 11) is 0. The molecular weight excluding hydrogens is 254 g/mol. The Morgan fingerprint density at radius 2 is 1.53 bits per heavy atom. The molecule has 0 bridgehead atoms. The molecule has 0 aromatic heterocycles. The largest absolute Gasteiger partial charge is 0.481 e. The third-order valence-electron chi connectivity index (χ3n) is 1.70. The highest BCUT2D eigenvalue weighted by Gasteiger charge is 2.15. The Bertz CT molecular complexity index is 325. The molecule has 4 N–H and O–H groups in total. The maximum absolute atomic E-state index is 11.2. The normalized spacial score (nSPS) is 10.5. The zero-order valence-corrected chi connectivity index (χ0v) is 11.4. The van der Waals surface area contributed by atoms with Crippen molar-refractivity contribution in [2.45, 2.75) is 32.8 Å². The van der Waals surface area contributed by atoms with Crippen molar-refractivity contribution in [2.75, 3.05) is 19.6 Å². The molecule has 0 aliphatic carbocycles. The summed E-state index contributed by atoms with van der Waals surface area (Å²) in [6.45, 7) is 5.75. The van der Waals surface area contributed by atoms with Crippen LogP contribution in [-0.4, -0.2) is 48.4 Å². The summed E-state index contributed by atoms with van der Waals surface area (Å²) in [5, 5.41) is 15.7. The van der Waals surface area contributed by atoms with E-state index < -0.39 is 23.7 Å². The molecule has 0 radical (unpaired) electrons. The fraction of sp³-hybridized carbons (Fsp3) is 0.727. The van der Waals surface area contributed by atoms with E-state index in [0.29, 0.717) is 0 Å². The number of aliphatic carboxylic acids is 1. The topological polar surface area (TPSA) is 117 Å². The highest BCUT2D eigenvalue weighted by molar-refractivity contribution is 5.75. The van der Waals surface area contributed by atoms with Gasteiger partial charge < -0.3 is 25.8 Å². The van der Waals surface area contributed by atoms with Gasteiger partial charge in [-0.15, -0.1) is 0 Å². The van der Waals surface area contributed by atoms with Crippen LogP contribution < -0.4 is 16.0 Å². The van der Waals surface area contributed by atoms with Crippen molar-refractivity contribution in [3.63, 3.8) is 0 Å². The number of amides is 3. The van der Waals surface area contributed by atoms with E-state index >= 15 is 0 Å². The Kier molecular flexibility index (Phi) is 7.32. The predicted molar refractivity (Wildman–Crippen MR) is 67.9 cm³/mol. The number of ether oxygens (including phenoxy) is 1. The average molecular weight is 275 g/mol. The Morgan fingerprint density at radius 3 is 2.05 bits per heavy atom. The zero-order chi connectivity index (χ0) is 14.9. The first kappa shape index (κ1) is 17.0. The average Bonchev–Trinajstić information content (AvgIpc) is 2.21. The van der Waals surface area contributed by atoms with Crippen molar-refractivity contribution in [3.05, 3.63) is 0 Å². The second-order valence-electron chi connectivity index (χ2n) is 4.76. The highest BCUT2D eigenvalue weighted by atomic mass is 16.6. The number of carboxylic acid groups (broad SMARTS) is 1. The first-order chi connectivity index (χ1) is 8.70. The van der Waals surface area contributed by atoms with Gasteiger partial charge in [-0.2, -0.15) is 0 Å². The number of hydrogen-bond acceptors (Lipinski definition) is 4. The molecule has 0 saturated heterocycles. The molecule has 0 saturated carbocycles. The van der Waals surface area contributed by atoms with Gasteiger partial charge in [0.15, 0.2) is 0 Å². The number of nitrogens with one attached hydrogen (secondary N) is 3. The number of alkyl carbamates (subject to hydrolysis) is 1. The van der Waals surface area contributed by atoms with E-state index in [1.807, 2.05) is 0 Å². The maximum Gasteiger partial charge on any atom is 0.407 e. The maximum atomic E-state index is 11.2. The molecule has 8 nitrogen and oxygen atoms in total. The quantitative estimate of drug-likeness (QED) is 0.520. The minimum atomic E-state index is -0.980. The summed E-state index contributed by atoms with van der Waals surface area (Å²) in [4.78, 5) is 32.6. The van der Waals surface area contributed by atoms with E-state index in [2.05, 4.69) is 16.0 Å². The van der Waals surface area contributed by atoms with Crippen LogP contribution in [0.5, 0.6) is 0 Å². The lowest BCUT2D eigenvalue weighted by Crippen LogP contribution is -2.41. The van der Waals surface area contributed by atoms with Crippen LogP contribution in [0.4, 0.5) is 9.59 Å². The molecule has 0 rings (SSSR count). The molecule has 0 aliphatic rings. The molecule has 0 unspecified atom stereocenters. The number of hydrogen-bond donors (Lipinski definition) is 4. The van der Waals surface area contributed by atoms with E-state index in [4.69, 9.17) is 9.84 Å². The van der Waals surface area contributed by atoms with Crippen molar-refractivity contribution in [3.8, 4) is 0 Å². The molecule has 3 amide bonds. The van der Waals surface area contributed by atoms with E-state index in [1.165, 1.54) is 0 Å². The van der Waals surface area contributed by atoms with Crippen LogP contribution in [0.2, 0.25) is 0 Å².